The Bertz CT molecular complexity index is 14.4. The van der Waals surface area contributed by atoms with Crippen LogP contribution >= 0.6 is 0 Å². The maximum atomic E-state index is 8.10. The van der Waals surface area contributed by atoms with E-state index < -0.39 is 0 Å². The van der Waals surface area contributed by atoms with Gasteiger partial charge in [-0.25, -0.2) is 0 Å². The zero-order chi connectivity index (χ0) is 3.58. The van der Waals surface area contributed by atoms with Crippen LogP contribution in [0, 0.1) is 0 Å². The molecule has 0 aromatic heterocycles. The second-order valence-electron chi connectivity index (χ2n) is 0.632. The van der Waals surface area contributed by atoms with Crippen LogP contribution in [0.5, 0.6) is 0 Å². The van der Waals surface area contributed by atoms with E-state index >= 15 is 0 Å². The molecular formula is C2H7OSrTa. The molecule has 0 amide bonds. The predicted molar refractivity (Wildman–Crippen MR) is 20.2 cm³/mol. The minimum atomic E-state index is -0.0556. The molecule has 1 unspecified atom stereocenters. The van der Waals surface area contributed by atoms with E-state index in [0.717, 1.165) is 21.1 Å². The Kier molecular flexibility index (Phi) is 12.6. The maximum absolute atomic E-state index is 8.10. The molecule has 0 aromatic rings. The van der Waals surface area contributed by atoms with Crippen molar-refractivity contribution in [3.8, 4) is 0 Å². The van der Waals surface area contributed by atoms with E-state index in [-0.39, 0.29) is 49.8 Å². The Labute approximate surface area is 81.3 Å². The van der Waals surface area contributed by atoms with Gasteiger partial charge in [0.05, 0.1) is 0 Å². The van der Waals surface area contributed by atoms with Gasteiger partial charge in [0.15, 0.2) is 0 Å². The van der Waals surface area contributed by atoms with Crippen molar-refractivity contribution in [1.82, 2.24) is 0 Å². The van der Waals surface area contributed by atoms with Crippen LogP contribution in [0.2, 0.25) is 0 Å². The van der Waals surface area contributed by atoms with Gasteiger partial charge < -0.3 is 0 Å². The standard InChI is InChI=1S/C2H5O.Sr.Ta.2H/c1-2-3;;;;/h2-3H,1H3;;;;. The van der Waals surface area contributed by atoms with E-state index in [1.165, 1.54) is 0 Å². The molecule has 1 N–H and O–H groups in total. The van der Waals surface area contributed by atoms with Crippen molar-refractivity contribution >= 4 is 45.5 Å². The van der Waals surface area contributed by atoms with Gasteiger partial charge >= 0.3 is 82.9 Å². The van der Waals surface area contributed by atoms with Crippen LogP contribution in [0.25, 0.3) is 0 Å². The van der Waals surface area contributed by atoms with Crippen molar-refractivity contribution in [2.24, 2.45) is 0 Å². The number of aliphatic hydroxyl groups excluding tert-OH is 1. The average Bonchev–Trinajstić information content (AvgIpc) is 0.811. The molecule has 1 atom stereocenters. The zero-order valence-electron chi connectivity index (χ0n) is 2.47. The van der Waals surface area contributed by atoms with Crippen LogP contribution in [0.1, 0.15) is 6.92 Å². The third-order valence-corrected chi connectivity index (χ3v) is 0. The molecular weight excluding hydrogens is 309 g/mol. The van der Waals surface area contributed by atoms with Crippen molar-refractivity contribution in [2.75, 3.05) is 0 Å². The Balaban J connectivity index is 0. The molecule has 1 nitrogen and oxygen atoms in total. The minimum absolute atomic E-state index is 0. The van der Waals surface area contributed by atoms with Gasteiger partial charge in [-0.2, -0.15) is 0 Å². The van der Waals surface area contributed by atoms with Crippen LogP contribution in [0.3, 0.4) is 0 Å². The molecule has 0 heterocycles. The van der Waals surface area contributed by atoms with Gasteiger partial charge in [-0.15, -0.1) is 0 Å². The van der Waals surface area contributed by atoms with Crippen molar-refractivity contribution < 1.29 is 26.2 Å². The second-order valence-corrected chi connectivity index (χ2v) is 3.32. The summed E-state index contributed by atoms with van der Waals surface area (Å²) in [7, 11) is 0. The molecule has 0 aliphatic carbocycles. The summed E-state index contributed by atoms with van der Waals surface area (Å²) in [6.07, 6.45) is 0. The first kappa shape index (κ1) is 10.2. The van der Waals surface area contributed by atoms with Gasteiger partial charge in [0.2, 0.25) is 0 Å². The summed E-state index contributed by atoms with van der Waals surface area (Å²) in [4.78, 5) is 0. The molecule has 0 rings (SSSR count). The summed E-state index contributed by atoms with van der Waals surface area (Å²) >= 11 is 1.07. The van der Waals surface area contributed by atoms with Crippen LogP contribution in [-0.2, 0) is 21.1 Å². The van der Waals surface area contributed by atoms with Crippen molar-refractivity contribution in [3.63, 3.8) is 0 Å². The summed E-state index contributed by atoms with van der Waals surface area (Å²) < 4.78 is -0.0556. The third kappa shape index (κ3) is 22.7. The first-order chi connectivity index (χ1) is 1.73. The van der Waals surface area contributed by atoms with Crippen LogP contribution in [0.4, 0.5) is 0 Å². The summed E-state index contributed by atoms with van der Waals surface area (Å²) in [5.74, 6) is 0. The molecule has 28 valence electrons. The Morgan fingerprint density at radius 1 is 1.80 bits per heavy atom. The number of hydrogen-bond donors (Lipinski definition) is 1. The zero-order valence-corrected chi connectivity index (χ0v) is 5.69. The summed E-state index contributed by atoms with van der Waals surface area (Å²) in [6, 6.07) is 0. The normalized spacial score (nSPS) is 12.4. The predicted octanol–water partition coefficient (Wildman–Crippen LogP) is -1.04. The molecule has 0 saturated heterocycles. The van der Waals surface area contributed by atoms with Crippen LogP contribution < -0.4 is 0 Å². The first-order valence-corrected chi connectivity index (χ1v) is 2.95. The molecule has 0 spiro atoms. The van der Waals surface area contributed by atoms with Crippen molar-refractivity contribution in [1.29, 1.82) is 0 Å². The van der Waals surface area contributed by atoms with E-state index in [1.807, 2.05) is 0 Å². The Hall–Kier alpha value is 2.18. The van der Waals surface area contributed by atoms with Crippen molar-refractivity contribution in [2.45, 2.75) is 11.2 Å². The molecule has 3 heteroatoms. The Morgan fingerprint density at radius 2 is 1.80 bits per heavy atom. The average molecular weight is 316 g/mol. The van der Waals surface area contributed by atoms with E-state index in [9.17, 15) is 0 Å². The molecule has 0 saturated carbocycles. The SMILES string of the molecule is C[CH](O)[Ta].[SrH2]. The number of rotatable bonds is 0. The van der Waals surface area contributed by atoms with Crippen LogP contribution in [-0.4, -0.2) is 54.9 Å². The van der Waals surface area contributed by atoms with Gasteiger partial charge in [-0.3, -0.25) is 0 Å². The van der Waals surface area contributed by atoms with E-state index in [2.05, 4.69) is 0 Å². The number of aliphatic hydroxyl groups is 1. The fraction of sp³-hybridized carbons (Fsp3) is 1.00. The molecule has 0 fully saturated rings. The molecule has 0 radical (unpaired) electrons. The van der Waals surface area contributed by atoms with Gasteiger partial charge in [0.1, 0.15) is 0 Å². The second kappa shape index (κ2) is 6.18. The van der Waals surface area contributed by atoms with Crippen molar-refractivity contribution in [3.05, 3.63) is 0 Å². The van der Waals surface area contributed by atoms with Gasteiger partial charge in [-0.1, -0.05) is 0 Å². The van der Waals surface area contributed by atoms with Gasteiger partial charge in [0, 0.05) is 0 Å². The van der Waals surface area contributed by atoms with E-state index in [1.54, 1.807) is 6.92 Å². The summed E-state index contributed by atoms with van der Waals surface area (Å²) in [5, 5.41) is 8.10. The molecule has 0 aliphatic heterocycles. The monoisotopic (exact) mass is 316 g/mol. The summed E-state index contributed by atoms with van der Waals surface area (Å²) in [6.45, 7) is 1.77. The van der Waals surface area contributed by atoms with Gasteiger partial charge in [-0.05, 0) is 0 Å². The molecule has 5 heavy (non-hydrogen) atoms. The quantitative estimate of drug-likeness (QED) is 0.566. The number of hydrogen-bond acceptors (Lipinski definition) is 1. The Morgan fingerprint density at radius 3 is 1.80 bits per heavy atom. The van der Waals surface area contributed by atoms with E-state index in [0.29, 0.717) is 0 Å². The van der Waals surface area contributed by atoms with Gasteiger partial charge in [0.25, 0.3) is 0 Å². The topological polar surface area (TPSA) is 20.2 Å². The van der Waals surface area contributed by atoms with Crippen LogP contribution in [0.15, 0.2) is 0 Å². The fourth-order valence-electron chi connectivity index (χ4n) is 0. The van der Waals surface area contributed by atoms with E-state index in [4.69, 9.17) is 5.11 Å². The first-order valence-electron chi connectivity index (χ1n) is 1.09. The fourth-order valence-corrected chi connectivity index (χ4v) is 0. The molecule has 0 aromatic carbocycles. The molecule has 0 aliphatic rings. The third-order valence-electron chi connectivity index (χ3n) is 0. The molecule has 0 bridgehead atoms. The summed E-state index contributed by atoms with van der Waals surface area (Å²) in [5.41, 5.74) is 0.